The molecule has 0 bridgehead atoms. The number of nitrogens with zero attached hydrogens (tertiary/aromatic N) is 3. The maximum atomic E-state index is 6.42. The molecular formula is C48H29N3OS. The number of hydrogen-bond acceptors (Lipinski definition) is 5. The Labute approximate surface area is 309 Å². The molecule has 0 N–H and O–H groups in total. The lowest BCUT2D eigenvalue weighted by atomic mass is 9.67. The molecule has 3 heterocycles. The molecule has 0 aliphatic heterocycles. The van der Waals surface area contributed by atoms with Gasteiger partial charge in [0.25, 0.3) is 0 Å². The summed E-state index contributed by atoms with van der Waals surface area (Å²) in [4.78, 5) is 15.8. The predicted molar refractivity (Wildman–Crippen MR) is 216 cm³/mol. The van der Waals surface area contributed by atoms with E-state index in [4.69, 9.17) is 19.4 Å². The third-order valence-corrected chi connectivity index (χ3v) is 11.9. The molecule has 7 aromatic carbocycles. The minimum atomic E-state index is -0.537. The first-order chi connectivity index (χ1) is 26.3. The fourth-order valence-electron chi connectivity index (χ4n) is 8.42. The van der Waals surface area contributed by atoms with Crippen LogP contribution >= 0.6 is 11.3 Å². The van der Waals surface area contributed by atoms with E-state index in [0.29, 0.717) is 23.2 Å². The van der Waals surface area contributed by atoms with E-state index in [1.54, 1.807) is 11.3 Å². The summed E-state index contributed by atoms with van der Waals surface area (Å²) < 4.78 is 8.80. The quantitative estimate of drug-likeness (QED) is 0.180. The zero-order valence-electron chi connectivity index (χ0n) is 28.4. The van der Waals surface area contributed by atoms with Crippen molar-refractivity contribution in [1.82, 2.24) is 15.0 Å². The van der Waals surface area contributed by atoms with Crippen molar-refractivity contribution >= 4 is 42.5 Å². The zero-order chi connectivity index (χ0) is 34.9. The first kappa shape index (κ1) is 30.0. The average molecular weight is 696 g/mol. The highest BCUT2D eigenvalue weighted by atomic mass is 32.1. The van der Waals surface area contributed by atoms with E-state index in [-0.39, 0.29) is 0 Å². The Morgan fingerprint density at radius 1 is 0.453 bits per heavy atom. The highest BCUT2D eigenvalue weighted by Crippen LogP contribution is 2.58. The van der Waals surface area contributed by atoms with Crippen molar-refractivity contribution in [3.05, 3.63) is 198 Å². The SMILES string of the molecule is c1ccc(C2(c3ccccc3)c3ccccc3-c3c(-c4nc(-c5cc6ccccc6o5)nc(-c5cccc6c5sc5ccccc56)n4)cccc32)cc1. The summed E-state index contributed by atoms with van der Waals surface area (Å²) in [7, 11) is 0. The monoisotopic (exact) mass is 695 g/mol. The van der Waals surface area contributed by atoms with Crippen LogP contribution < -0.4 is 0 Å². The summed E-state index contributed by atoms with van der Waals surface area (Å²) >= 11 is 1.77. The van der Waals surface area contributed by atoms with Crippen LogP contribution in [0.25, 0.3) is 76.6 Å². The van der Waals surface area contributed by atoms with E-state index in [2.05, 4.69) is 152 Å². The van der Waals surface area contributed by atoms with Gasteiger partial charge in [-0.15, -0.1) is 11.3 Å². The van der Waals surface area contributed by atoms with E-state index < -0.39 is 5.41 Å². The lowest BCUT2D eigenvalue weighted by molar-refractivity contribution is 0.625. The van der Waals surface area contributed by atoms with Crippen LogP contribution in [0.15, 0.2) is 180 Å². The molecule has 1 aliphatic carbocycles. The van der Waals surface area contributed by atoms with Gasteiger partial charge in [-0.3, -0.25) is 0 Å². The molecule has 5 heteroatoms. The fraction of sp³-hybridized carbons (Fsp3) is 0.0208. The van der Waals surface area contributed by atoms with Crippen LogP contribution in [0.1, 0.15) is 22.3 Å². The minimum Gasteiger partial charge on any atom is -0.453 e. The standard InChI is InChI=1S/C48H29N3OS/c1-3-16-31(17-4-1)48(32-18-5-2-6-19-32)38-25-10-8-21-35(38)43-36(23-14-26-39(43)48)45-49-46(51-47(50-45)41-29-30-15-7-11-27-40(30)52-41)37-24-13-22-34-33-20-9-12-28-42(33)53-44(34)37/h1-29H. The molecule has 0 amide bonds. The van der Waals surface area contributed by atoms with Crippen molar-refractivity contribution in [3.8, 4) is 45.5 Å². The van der Waals surface area contributed by atoms with Crippen LogP contribution in [0, 0.1) is 0 Å². The van der Waals surface area contributed by atoms with Crippen molar-refractivity contribution in [3.63, 3.8) is 0 Å². The lowest BCUT2D eigenvalue weighted by Gasteiger charge is -2.33. The van der Waals surface area contributed by atoms with Gasteiger partial charge in [0.05, 0.1) is 5.41 Å². The van der Waals surface area contributed by atoms with Crippen LogP contribution in [0.4, 0.5) is 0 Å². The number of thiophene rings is 1. The number of rotatable bonds is 5. The molecule has 0 radical (unpaired) electrons. The van der Waals surface area contributed by atoms with Crippen LogP contribution in [0.5, 0.6) is 0 Å². The first-order valence-electron chi connectivity index (χ1n) is 17.8. The van der Waals surface area contributed by atoms with Gasteiger partial charge in [-0.05, 0) is 57.6 Å². The molecule has 4 nitrogen and oxygen atoms in total. The van der Waals surface area contributed by atoms with Crippen molar-refractivity contribution in [2.45, 2.75) is 5.41 Å². The molecule has 53 heavy (non-hydrogen) atoms. The summed E-state index contributed by atoms with van der Waals surface area (Å²) in [6.45, 7) is 0. The van der Waals surface area contributed by atoms with Crippen LogP contribution in [-0.2, 0) is 5.41 Å². The van der Waals surface area contributed by atoms with Gasteiger partial charge in [-0.25, -0.2) is 15.0 Å². The molecule has 11 rings (SSSR count). The number of hydrogen-bond donors (Lipinski definition) is 0. The van der Waals surface area contributed by atoms with Gasteiger partial charge in [-0.2, -0.15) is 0 Å². The number of furan rings is 1. The predicted octanol–water partition coefficient (Wildman–Crippen LogP) is 12.3. The van der Waals surface area contributed by atoms with Gasteiger partial charge in [0.15, 0.2) is 23.2 Å². The molecule has 3 aromatic heterocycles. The largest absolute Gasteiger partial charge is 0.453 e. The van der Waals surface area contributed by atoms with Crippen molar-refractivity contribution in [2.24, 2.45) is 0 Å². The summed E-state index contributed by atoms with van der Waals surface area (Å²) in [5, 5.41) is 3.43. The molecule has 1 aliphatic rings. The smallest absolute Gasteiger partial charge is 0.199 e. The molecule has 10 aromatic rings. The Morgan fingerprint density at radius 2 is 1.04 bits per heavy atom. The molecule has 0 saturated carbocycles. The Kier molecular flexibility index (Phi) is 6.60. The molecular weight excluding hydrogens is 667 g/mol. The second-order valence-electron chi connectivity index (χ2n) is 13.5. The third-order valence-electron chi connectivity index (χ3n) is 10.6. The highest BCUT2D eigenvalue weighted by Gasteiger charge is 2.47. The van der Waals surface area contributed by atoms with Crippen LogP contribution in [0.2, 0.25) is 0 Å². The van der Waals surface area contributed by atoms with Gasteiger partial charge in [0.1, 0.15) is 5.58 Å². The maximum Gasteiger partial charge on any atom is 0.199 e. The summed E-state index contributed by atoms with van der Waals surface area (Å²) in [5.41, 5.74) is 9.35. The second-order valence-corrected chi connectivity index (χ2v) is 14.5. The second kappa shape index (κ2) is 11.7. The number of benzene rings is 7. The molecule has 0 atom stereocenters. The van der Waals surface area contributed by atoms with Crippen molar-refractivity contribution < 1.29 is 4.42 Å². The van der Waals surface area contributed by atoms with Gasteiger partial charge in [0, 0.05) is 36.7 Å². The Bertz CT molecular complexity index is 2950. The average Bonchev–Trinajstić information content (AvgIpc) is 3.92. The Balaban J connectivity index is 1.22. The first-order valence-corrected chi connectivity index (χ1v) is 18.6. The van der Waals surface area contributed by atoms with E-state index in [1.165, 1.54) is 43.3 Å². The topological polar surface area (TPSA) is 51.8 Å². The molecule has 0 unspecified atom stereocenters. The van der Waals surface area contributed by atoms with Gasteiger partial charge in [-0.1, -0.05) is 152 Å². The molecule has 0 fully saturated rings. The fourth-order valence-corrected chi connectivity index (χ4v) is 9.63. The summed E-state index contributed by atoms with van der Waals surface area (Å²) in [6.07, 6.45) is 0. The maximum absolute atomic E-state index is 6.42. The van der Waals surface area contributed by atoms with Crippen LogP contribution in [0.3, 0.4) is 0 Å². The highest BCUT2D eigenvalue weighted by molar-refractivity contribution is 7.26. The number of fused-ring (bicyclic) bond motifs is 7. The van der Waals surface area contributed by atoms with E-state index in [0.717, 1.165) is 32.4 Å². The van der Waals surface area contributed by atoms with E-state index in [1.807, 2.05) is 24.3 Å². The third kappa shape index (κ3) is 4.44. The van der Waals surface area contributed by atoms with E-state index >= 15 is 0 Å². The number of aromatic nitrogens is 3. The number of para-hydroxylation sites is 1. The van der Waals surface area contributed by atoms with Crippen LogP contribution in [-0.4, -0.2) is 15.0 Å². The normalized spacial score (nSPS) is 13.1. The molecule has 0 spiro atoms. The Morgan fingerprint density at radius 3 is 1.85 bits per heavy atom. The van der Waals surface area contributed by atoms with Gasteiger partial charge in [0.2, 0.25) is 0 Å². The van der Waals surface area contributed by atoms with Gasteiger partial charge >= 0.3 is 0 Å². The summed E-state index contributed by atoms with van der Waals surface area (Å²) in [5.74, 6) is 2.33. The van der Waals surface area contributed by atoms with Crippen molar-refractivity contribution in [1.29, 1.82) is 0 Å². The van der Waals surface area contributed by atoms with E-state index in [9.17, 15) is 0 Å². The van der Waals surface area contributed by atoms with Crippen molar-refractivity contribution in [2.75, 3.05) is 0 Å². The molecule has 248 valence electrons. The Hall–Kier alpha value is -6.69. The minimum absolute atomic E-state index is 0.501. The molecule has 0 saturated heterocycles. The summed E-state index contributed by atoms with van der Waals surface area (Å²) in [6, 6.07) is 62.1. The zero-order valence-corrected chi connectivity index (χ0v) is 29.2. The van der Waals surface area contributed by atoms with Gasteiger partial charge < -0.3 is 4.42 Å². The lowest BCUT2D eigenvalue weighted by Crippen LogP contribution is -2.28.